The Morgan fingerprint density at radius 1 is 1.26 bits per heavy atom. The van der Waals surface area contributed by atoms with E-state index in [0.717, 1.165) is 16.6 Å². The van der Waals surface area contributed by atoms with Gasteiger partial charge in [0.1, 0.15) is 0 Å². The quantitative estimate of drug-likeness (QED) is 0.571. The van der Waals surface area contributed by atoms with Crippen molar-refractivity contribution in [3.05, 3.63) is 78.2 Å². The molecule has 3 aromatic heterocycles. The summed E-state index contributed by atoms with van der Waals surface area (Å²) in [6, 6.07) is 13.3. The van der Waals surface area contributed by atoms with Crippen LogP contribution in [0.2, 0.25) is 0 Å². The average molecular weight is 361 g/mol. The normalized spacial score (nSPS) is 12.2. The molecule has 4 rings (SSSR count). The predicted octanol–water partition coefficient (Wildman–Crippen LogP) is 2.83. The van der Waals surface area contributed by atoms with Crippen molar-refractivity contribution in [3.8, 4) is 0 Å². The summed E-state index contributed by atoms with van der Waals surface area (Å²) in [4.78, 5) is 20.8. The van der Waals surface area contributed by atoms with Gasteiger partial charge in [0.05, 0.1) is 23.9 Å². The van der Waals surface area contributed by atoms with Crippen LogP contribution < -0.4 is 5.32 Å². The Kier molecular flexibility index (Phi) is 4.65. The molecule has 4 aromatic rings. The molecule has 0 aliphatic carbocycles. The second-order valence-electron chi connectivity index (χ2n) is 6.48. The lowest BCUT2D eigenvalue weighted by atomic mass is 10.1. The van der Waals surface area contributed by atoms with E-state index in [1.165, 1.54) is 0 Å². The molecule has 1 N–H and O–H groups in total. The molecule has 0 saturated carbocycles. The van der Waals surface area contributed by atoms with Gasteiger partial charge in [-0.3, -0.25) is 9.78 Å². The molecular weight excluding hydrogens is 342 g/mol. The molecule has 0 aliphatic rings. The van der Waals surface area contributed by atoms with E-state index < -0.39 is 0 Å². The molecule has 7 heteroatoms. The molecule has 1 unspecified atom stereocenters. The van der Waals surface area contributed by atoms with Crippen molar-refractivity contribution in [2.24, 2.45) is 0 Å². The van der Waals surface area contributed by atoms with Crippen molar-refractivity contribution < 1.29 is 9.32 Å². The number of rotatable bonds is 6. The number of hydrogen-bond acceptors (Lipinski definition) is 5. The van der Waals surface area contributed by atoms with Gasteiger partial charge in [0, 0.05) is 24.5 Å². The second kappa shape index (κ2) is 7.41. The summed E-state index contributed by atoms with van der Waals surface area (Å²) in [6.07, 6.45) is 5.98. The summed E-state index contributed by atoms with van der Waals surface area (Å²) >= 11 is 0. The summed E-state index contributed by atoms with van der Waals surface area (Å²) in [6.45, 7) is 2.41. The maximum Gasteiger partial charge on any atom is 0.273 e. The zero-order valence-electron chi connectivity index (χ0n) is 14.9. The maximum absolute atomic E-state index is 12.4. The smallest absolute Gasteiger partial charge is 0.273 e. The van der Waals surface area contributed by atoms with Gasteiger partial charge in [-0.15, -0.1) is 0 Å². The highest BCUT2D eigenvalue weighted by molar-refractivity contribution is 5.92. The Balaban J connectivity index is 1.40. The number of imidazole rings is 1. The minimum absolute atomic E-state index is 0.0422. The molecule has 136 valence electrons. The summed E-state index contributed by atoms with van der Waals surface area (Å²) in [5.74, 6) is 0.347. The second-order valence-corrected chi connectivity index (χ2v) is 6.48. The number of carbonyl (C=O) groups is 1. The molecule has 1 aromatic carbocycles. The fourth-order valence-electron chi connectivity index (χ4n) is 3.02. The minimum atomic E-state index is -0.253. The molecule has 0 spiro atoms. The summed E-state index contributed by atoms with van der Waals surface area (Å²) in [7, 11) is 0. The van der Waals surface area contributed by atoms with Crippen LogP contribution >= 0.6 is 0 Å². The topological polar surface area (TPSA) is 85.8 Å². The number of aromatic nitrogens is 4. The Hall–Kier alpha value is -3.48. The number of pyridine rings is 1. The lowest BCUT2D eigenvalue weighted by Gasteiger charge is -2.12. The van der Waals surface area contributed by atoms with E-state index in [2.05, 4.69) is 20.4 Å². The number of nitrogens with zero attached hydrogens (tertiary/aromatic N) is 4. The van der Waals surface area contributed by atoms with Crippen LogP contribution in [-0.4, -0.2) is 31.6 Å². The van der Waals surface area contributed by atoms with Gasteiger partial charge in [-0.1, -0.05) is 23.4 Å². The SMILES string of the molecule is CC(Cc1cccnc1)NC(=O)c1cc(Cn2cnc3ccccc32)on1. The third-order valence-corrected chi connectivity index (χ3v) is 4.29. The first-order valence-corrected chi connectivity index (χ1v) is 8.74. The molecule has 0 bridgehead atoms. The zero-order chi connectivity index (χ0) is 18.6. The van der Waals surface area contributed by atoms with Gasteiger partial charge in [0.2, 0.25) is 0 Å². The van der Waals surface area contributed by atoms with Gasteiger partial charge in [-0.05, 0) is 37.1 Å². The van der Waals surface area contributed by atoms with Crippen LogP contribution in [0.5, 0.6) is 0 Å². The number of nitrogens with one attached hydrogen (secondary N) is 1. The monoisotopic (exact) mass is 361 g/mol. The standard InChI is InChI=1S/C20H19N5O2/c1-14(9-15-5-4-8-21-11-15)23-20(26)18-10-16(27-24-18)12-25-13-22-17-6-2-3-7-19(17)25/h2-8,10-11,13-14H,9,12H2,1H3,(H,23,26). The molecule has 7 nitrogen and oxygen atoms in total. The number of fused-ring (bicyclic) bond motifs is 1. The van der Waals surface area contributed by atoms with Crippen LogP contribution in [0.25, 0.3) is 11.0 Å². The lowest BCUT2D eigenvalue weighted by Crippen LogP contribution is -2.34. The largest absolute Gasteiger partial charge is 0.359 e. The number of carbonyl (C=O) groups excluding carboxylic acids is 1. The Bertz CT molecular complexity index is 1050. The first-order chi connectivity index (χ1) is 13.2. The van der Waals surface area contributed by atoms with Crippen LogP contribution in [0, 0.1) is 0 Å². The molecule has 0 radical (unpaired) electrons. The van der Waals surface area contributed by atoms with Gasteiger partial charge >= 0.3 is 0 Å². The van der Waals surface area contributed by atoms with Crippen molar-refractivity contribution in [2.75, 3.05) is 0 Å². The van der Waals surface area contributed by atoms with Gasteiger partial charge in [-0.25, -0.2) is 4.98 Å². The highest BCUT2D eigenvalue weighted by Gasteiger charge is 2.16. The zero-order valence-corrected chi connectivity index (χ0v) is 14.9. The van der Waals surface area contributed by atoms with Crippen LogP contribution in [0.15, 0.2) is 65.7 Å². The predicted molar refractivity (Wildman–Crippen MR) is 100 cm³/mol. The van der Waals surface area contributed by atoms with Crippen LogP contribution in [0.1, 0.15) is 28.7 Å². The Morgan fingerprint density at radius 3 is 3.00 bits per heavy atom. The third-order valence-electron chi connectivity index (χ3n) is 4.29. The summed E-state index contributed by atoms with van der Waals surface area (Å²) in [5.41, 5.74) is 3.26. The molecular formula is C20H19N5O2. The van der Waals surface area contributed by atoms with Crippen molar-refractivity contribution in [3.63, 3.8) is 0 Å². The van der Waals surface area contributed by atoms with Crippen LogP contribution in [0.3, 0.4) is 0 Å². The van der Waals surface area contributed by atoms with E-state index in [4.69, 9.17) is 4.52 Å². The first kappa shape index (κ1) is 17.0. The summed E-state index contributed by atoms with van der Waals surface area (Å²) < 4.78 is 7.30. The van der Waals surface area contributed by atoms with E-state index in [1.807, 2.05) is 47.9 Å². The number of hydrogen-bond donors (Lipinski definition) is 1. The van der Waals surface area contributed by atoms with E-state index in [1.54, 1.807) is 24.8 Å². The summed E-state index contributed by atoms with van der Waals surface area (Å²) in [5, 5.41) is 6.84. The van der Waals surface area contributed by atoms with Crippen molar-refractivity contribution in [2.45, 2.75) is 25.9 Å². The first-order valence-electron chi connectivity index (χ1n) is 8.74. The van der Waals surface area contributed by atoms with Gasteiger partial charge < -0.3 is 14.4 Å². The molecule has 1 amide bonds. The fourth-order valence-corrected chi connectivity index (χ4v) is 3.02. The lowest BCUT2D eigenvalue weighted by molar-refractivity contribution is 0.0931. The van der Waals surface area contributed by atoms with E-state index >= 15 is 0 Å². The number of benzene rings is 1. The van der Waals surface area contributed by atoms with Gasteiger partial charge in [-0.2, -0.15) is 0 Å². The highest BCUT2D eigenvalue weighted by Crippen LogP contribution is 2.14. The van der Waals surface area contributed by atoms with E-state index in [0.29, 0.717) is 18.7 Å². The molecule has 0 fully saturated rings. The van der Waals surface area contributed by atoms with Crippen molar-refractivity contribution >= 4 is 16.9 Å². The van der Waals surface area contributed by atoms with Crippen molar-refractivity contribution in [1.29, 1.82) is 0 Å². The fraction of sp³-hybridized carbons (Fsp3) is 0.200. The van der Waals surface area contributed by atoms with E-state index in [-0.39, 0.29) is 17.6 Å². The minimum Gasteiger partial charge on any atom is -0.359 e. The molecule has 0 aliphatic heterocycles. The van der Waals surface area contributed by atoms with Gasteiger partial charge in [0.15, 0.2) is 11.5 Å². The van der Waals surface area contributed by atoms with Crippen molar-refractivity contribution in [1.82, 2.24) is 25.0 Å². The Labute approximate surface area is 156 Å². The van der Waals surface area contributed by atoms with Gasteiger partial charge in [0.25, 0.3) is 5.91 Å². The van der Waals surface area contributed by atoms with Crippen LogP contribution in [-0.2, 0) is 13.0 Å². The molecule has 27 heavy (non-hydrogen) atoms. The van der Waals surface area contributed by atoms with Crippen LogP contribution in [0.4, 0.5) is 0 Å². The average Bonchev–Trinajstić information content (AvgIpc) is 3.30. The molecule has 0 saturated heterocycles. The highest BCUT2D eigenvalue weighted by atomic mass is 16.5. The number of amides is 1. The number of para-hydroxylation sites is 2. The maximum atomic E-state index is 12.4. The molecule has 1 atom stereocenters. The Morgan fingerprint density at radius 2 is 2.15 bits per heavy atom. The molecule has 3 heterocycles. The van der Waals surface area contributed by atoms with E-state index in [9.17, 15) is 4.79 Å². The third kappa shape index (κ3) is 3.87.